The third-order valence-electron chi connectivity index (χ3n) is 4.66. The number of carboxylic acids is 1. The minimum atomic E-state index is -1.24. The molecule has 12 nitrogen and oxygen atoms in total. The molecule has 2 aromatic rings. The summed E-state index contributed by atoms with van der Waals surface area (Å²) in [5.74, 6) is -4.15. The van der Waals surface area contributed by atoms with Gasteiger partial charge in [-0.3, -0.25) is 24.0 Å². The van der Waals surface area contributed by atoms with E-state index in [1.54, 1.807) is 6.20 Å². The van der Waals surface area contributed by atoms with E-state index in [1.165, 1.54) is 6.92 Å². The van der Waals surface area contributed by atoms with Gasteiger partial charge in [-0.25, -0.2) is 0 Å². The normalized spacial score (nSPS) is 13.6. The summed E-state index contributed by atoms with van der Waals surface area (Å²) in [6.07, 6.45) is 1.36. The fourth-order valence-corrected chi connectivity index (χ4v) is 2.96. The van der Waals surface area contributed by atoms with E-state index in [1.807, 2.05) is 24.3 Å². The summed E-state index contributed by atoms with van der Waals surface area (Å²) >= 11 is 0. The maximum atomic E-state index is 12.7. The number of para-hydroxylation sites is 1. The molecule has 0 aliphatic carbocycles. The molecule has 3 atom stereocenters. The number of primary amides is 1. The smallest absolute Gasteiger partial charge is 0.325 e. The van der Waals surface area contributed by atoms with Crippen LogP contribution in [-0.2, 0) is 30.4 Å². The van der Waals surface area contributed by atoms with Crippen molar-refractivity contribution in [1.29, 1.82) is 0 Å². The first-order valence-electron chi connectivity index (χ1n) is 9.77. The number of nitrogens with one attached hydrogen (secondary N) is 4. The van der Waals surface area contributed by atoms with Crippen LogP contribution in [0.3, 0.4) is 0 Å². The van der Waals surface area contributed by atoms with Crippen LogP contribution in [0, 0.1) is 0 Å². The van der Waals surface area contributed by atoms with Gasteiger partial charge in [0.05, 0.1) is 19.0 Å². The lowest BCUT2D eigenvalue weighted by Crippen LogP contribution is -2.54. The molecule has 0 spiro atoms. The molecule has 4 amide bonds. The van der Waals surface area contributed by atoms with Crippen molar-refractivity contribution in [2.45, 2.75) is 37.9 Å². The minimum Gasteiger partial charge on any atom is -0.480 e. The van der Waals surface area contributed by atoms with Crippen molar-refractivity contribution in [2.24, 2.45) is 11.5 Å². The zero-order valence-corrected chi connectivity index (χ0v) is 17.4. The van der Waals surface area contributed by atoms with Gasteiger partial charge in [0, 0.05) is 23.5 Å². The van der Waals surface area contributed by atoms with Crippen LogP contribution < -0.4 is 27.4 Å². The molecule has 9 N–H and O–H groups in total. The maximum Gasteiger partial charge on any atom is 0.325 e. The standard InChI is InChI=1S/C20H26N6O6/c1-10(20(31)32)25-17(28)9-24-19(30)15(26-18(29)13(21)7-16(22)27)6-11-8-23-14-5-3-2-4-12(11)14/h2-5,8,10,13,15,23H,6-7,9,21H2,1H3,(H2,22,27)(H,24,30)(H,25,28)(H,26,29)(H,31,32). The van der Waals surface area contributed by atoms with E-state index in [2.05, 4.69) is 20.9 Å². The first-order chi connectivity index (χ1) is 15.1. The molecule has 3 unspecified atom stereocenters. The van der Waals surface area contributed by atoms with E-state index in [9.17, 15) is 24.0 Å². The second kappa shape index (κ2) is 10.9. The molecule has 12 heteroatoms. The molecule has 172 valence electrons. The number of hydrogen-bond acceptors (Lipinski definition) is 6. The number of aromatic nitrogens is 1. The van der Waals surface area contributed by atoms with E-state index < -0.39 is 60.7 Å². The third kappa shape index (κ3) is 6.80. The molecule has 1 aromatic carbocycles. The van der Waals surface area contributed by atoms with Crippen molar-refractivity contribution in [1.82, 2.24) is 20.9 Å². The Morgan fingerprint density at radius 3 is 2.44 bits per heavy atom. The largest absolute Gasteiger partial charge is 0.480 e. The first kappa shape index (κ1) is 24.3. The maximum absolute atomic E-state index is 12.7. The summed E-state index contributed by atoms with van der Waals surface area (Å²) in [4.78, 5) is 61.9. The number of aliphatic carboxylic acids is 1. The molecule has 0 saturated heterocycles. The molecule has 2 rings (SSSR count). The molecule has 0 bridgehead atoms. The van der Waals surface area contributed by atoms with Gasteiger partial charge in [0.2, 0.25) is 23.6 Å². The van der Waals surface area contributed by atoms with Crippen LogP contribution in [0.1, 0.15) is 18.9 Å². The van der Waals surface area contributed by atoms with Gasteiger partial charge in [-0.2, -0.15) is 0 Å². The molecule has 0 aliphatic heterocycles. The number of carbonyl (C=O) groups excluding carboxylic acids is 4. The lowest BCUT2D eigenvalue weighted by atomic mass is 10.0. The Kier molecular flexibility index (Phi) is 8.30. The quantitative estimate of drug-likeness (QED) is 0.208. The number of fused-ring (bicyclic) bond motifs is 1. The van der Waals surface area contributed by atoms with Gasteiger partial charge in [0.1, 0.15) is 12.1 Å². The van der Waals surface area contributed by atoms with Crippen LogP contribution in [0.15, 0.2) is 30.5 Å². The molecule has 0 fully saturated rings. The van der Waals surface area contributed by atoms with E-state index >= 15 is 0 Å². The minimum absolute atomic E-state index is 0.0675. The van der Waals surface area contributed by atoms with Gasteiger partial charge >= 0.3 is 5.97 Å². The fourth-order valence-electron chi connectivity index (χ4n) is 2.96. The highest BCUT2D eigenvalue weighted by Gasteiger charge is 2.26. The number of rotatable bonds is 11. The van der Waals surface area contributed by atoms with E-state index in [4.69, 9.17) is 16.6 Å². The van der Waals surface area contributed by atoms with E-state index in [0.29, 0.717) is 0 Å². The number of benzene rings is 1. The van der Waals surface area contributed by atoms with Gasteiger partial charge < -0.3 is 37.5 Å². The Morgan fingerprint density at radius 1 is 1.09 bits per heavy atom. The van der Waals surface area contributed by atoms with Crippen molar-refractivity contribution in [2.75, 3.05) is 6.54 Å². The molecular weight excluding hydrogens is 420 g/mol. The molecule has 0 aliphatic rings. The molecule has 0 saturated carbocycles. The van der Waals surface area contributed by atoms with Crippen molar-refractivity contribution in [3.05, 3.63) is 36.0 Å². The van der Waals surface area contributed by atoms with Crippen LogP contribution in [0.2, 0.25) is 0 Å². The number of nitrogens with two attached hydrogens (primary N) is 2. The average Bonchev–Trinajstić information content (AvgIpc) is 3.13. The monoisotopic (exact) mass is 446 g/mol. The average molecular weight is 446 g/mol. The zero-order chi connectivity index (χ0) is 23.8. The second-order valence-electron chi connectivity index (χ2n) is 7.25. The predicted molar refractivity (Wildman–Crippen MR) is 114 cm³/mol. The highest BCUT2D eigenvalue weighted by molar-refractivity contribution is 5.94. The van der Waals surface area contributed by atoms with Crippen molar-refractivity contribution in [3.8, 4) is 0 Å². The summed E-state index contributed by atoms with van der Waals surface area (Å²) in [7, 11) is 0. The summed E-state index contributed by atoms with van der Waals surface area (Å²) in [6.45, 7) is 0.784. The second-order valence-corrected chi connectivity index (χ2v) is 7.25. The Balaban J connectivity index is 2.12. The van der Waals surface area contributed by atoms with Crippen LogP contribution in [0.4, 0.5) is 0 Å². The van der Waals surface area contributed by atoms with Gasteiger partial charge in [0.25, 0.3) is 0 Å². The SMILES string of the molecule is CC(NC(=O)CNC(=O)C(Cc1c[nH]c2ccccc12)NC(=O)C(N)CC(N)=O)C(=O)O. The van der Waals surface area contributed by atoms with Crippen LogP contribution >= 0.6 is 0 Å². The molecule has 0 radical (unpaired) electrons. The van der Waals surface area contributed by atoms with Crippen molar-refractivity contribution < 1.29 is 29.1 Å². The van der Waals surface area contributed by atoms with E-state index in [0.717, 1.165) is 16.5 Å². The van der Waals surface area contributed by atoms with E-state index in [-0.39, 0.29) is 6.42 Å². The van der Waals surface area contributed by atoms with Crippen LogP contribution in [-0.4, -0.2) is 64.4 Å². The number of hydrogen-bond donors (Lipinski definition) is 7. The Hall–Kier alpha value is -3.93. The number of aromatic amines is 1. The lowest BCUT2D eigenvalue weighted by molar-refractivity contribution is -0.141. The predicted octanol–water partition coefficient (Wildman–Crippen LogP) is -1.90. The molecule has 1 aromatic heterocycles. The molecule has 1 heterocycles. The van der Waals surface area contributed by atoms with Gasteiger partial charge in [-0.15, -0.1) is 0 Å². The van der Waals surface area contributed by atoms with Gasteiger partial charge in [0.15, 0.2) is 0 Å². The Bertz CT molecular complexity index is 1020. The fraction of sp³-hybridized carbons (Fsp3) is 0.350. The van der Waals surface area contributed by atoms with Crippen molar-refractivity contribution in [3.63, 3.8) is 0 Å². The van der Waals surface area contributed by atoms with Crippen LogP contribution in [0.5, 0.6) is 0 Å². The Morgan fingerprint density at radius 2 is 1.78 bits per heavy atom. The highest BCUT2D eigenvalue weighted by atomic mass is 16.4. The van der Waals surface area contributed by atoms with Gasteiger partial charge in [-0.05, 0) is 18.6 Å². The zero-order valence-electron chi connectivity index (χ0n) is 17.4. The van der Waals surface area contributed by atoms with Crippen molar-refractivity contribution >= 4 is 40.5 Å². The molecular formula is C20H26N6O6. The lowest BCUT2D eigenvalue weighted by Gasteiger charge is -2.20. The third-order valence-corrected chi connectivity index (χ3v) is 4.66. The number of amides is 4. The number of carboxylic acid groups (broad SMARTS) is 1. The number of H-pyrrole nitrogens is 1. The topological polar surface area (TPSA) is 210 Å². The highest BCUT2D eigenvalue weighted by Crippen LogP contribution is 2.19. The summed E-state index contributed by atoms with van der Waals surface area (Å²) in [5.41, 5.74) is 12.3. The first-order valence-corrected chi connectivity index (χ1v) is 9.77. The summed E-state index contributed by atoms with van der Waals surface area (Å²) < 4.78 is 0. The Labute approximate surface area is 183 Å². The number of carbonyl (C=O) groups is 5. The van der Waals surface area contributed by atoms with Crippen LogP contribution in [0.25, 0.3) is 10.9 Å². The molecule has 32 heavy (non-hydrogen) atoms. The van der Waals surface area contributed by atoms with Gasteiger partial charge in [-0.1, -0.05) is 18.2 Å². The summed E-state index contributed by atoms with van der Waals surface area (Å²) in [6, 6.07) is 3.86. The summed E-state index contributed by atoms with van der Waals surface area (Å²) in [5, 5.41) is 16.7.